The van der Waals surface area contributed by atoms with Crippen LogP contribution >= 0.6 is 0 Å². The Morgan fingerprint density at radius 1 is 1.10 bits per heavy atom. The molecule has 6 nitrogen and oxygen atoms in total. The summed E-state index contributed by atoms with van der Waals surface area (Å²) in [4.78, 5) is 23.5. The molecule has 1 heterocycles. The molecular formula is C23H25NO5. The molecule has 2 atom stereocenters. The van der Waals surface area contributed by atoms with Crippen LogP contribution in [0.4, 0.5) is 0 Å². The first-order valence-corrected chi connectivity index (χ1v) is 9.67. The van der Waals surface area contributed by atoms with Crippen molar-refractivity contribution in [1.29, 1.82) is 0 Å². The van der Waals surface area contributed by atoms with Gasteiger partial charge in [-0.3, -0.25) is 4.79 Å². The largest absolute Gasteiger partial charge is 0.481 e. The van der Waals surface area contributed by atoms with Gasteiger partial charge in [-0.05, 0) is 48.4 Å². The number of nitrogens with one attached hydrogen (secondary N) is 1. The lowest BCUT2D eigenvalue weighted by Crippen LogP contribution is -2.38. The second-order valence-electron chi connectivity index (χ2n) is 6.99. The number of esters is 1. The molecule has 3 aromatic rings. The van der Waals surface area contributed by atoms with Crippen molar-refractivity contribution in [3.05, 3.63) is 71.7 Å². The molecule has 2 N–H and O–H groups in total. The summed E-state index contributed by atoms with van der Waals surface area (Å²) in [5.41, 5.74) is 1.09. The Labute approximate surface area is 169 Å². The van der Waals surface area contributed by atoms with Crippen molar-refractivity contribution in [2.45, 2.75) is 32.9 Å². The fourth-order valence-corrected chi connectivity index (χ4v) is 3.26. The lowest BCUT2D eigenvalue weighted by molar-refractivity contribution is -0.142. The number of carboxylic acid groups (broad SMARTS) is 1. The summed E-state index contributed by atoms with van der Waals surface area (Å²) in [6, 6.07) is 17.2. The van der Waals surface area contributed by atoms with E-state index in [4.69, 9.17) is 9.15 Å². The zero-order valence-electron chi connectivity index (χ0n) is 16.6. The van der Waals surface area contributed by atoms with E-state index in [1.54, 1.807) is 13.0 Å². The molecule has 2 aromatic carbocycles. The number of aliphatic carboxylic acids is 1. The highest BCUT2D eigenvalue weighted by atomic mass is 16.5. The van der Waals surface area contributed by atoms with Crippen LogP contribution in [0.5, 0.6) is 0 Å². The van der Waals surface area contributed by atoms with Gasteiger partial charge in [0.1, 0.15) is 5.76 Å². The molecule has 3 rings (SSSR count). The third-order valence-electron chi connectivity index (χ3n) is 4.92. The van der Waals surface area contributed by atoms with E-state index in [0.29, 0.717) is 12.3 Å². The van der Waals surface area contributed by atoms with Crippen LogP contribution in [-0.4, -0.2) is 29.7 Å². The van der Waals surface area contributed by atoms with Crippen molar-refractivity contribution in [3.63, 3.8) is 0 Å². The molecule has 29 heavy (non-hydrogen) atoms. The second kappa shape index (κ2) is 9.39. The van der Waals surface area contributed by atoms with E-state index < -0.39 is 17.9 Å². The number of carboxylic acids is 1. The van der Waals surface area contributed by atoms with Crippen LogP contribution in [-0.2, 0) is 22.5 Å². The van der Waals surface area contributed by atoms with E-state index in [1.807, 2.05) is 25.1 Å². The molecule has 1 aromatic heterocycles. The smallest absolute Gasteiger partial charge is 0.374 e. The predicted octanol–water partition coefficient (Wildman–Crippen LogP) is 4.03. The summed E-state index contributed by atoms with van der Waals surface area (Å²) >= 11 is 0. The summed E-state index contributed by atoms with van der Waals surface area (Å²) in [5.74, 6) is -1.63. The van der Waals surface area contributed by atoms with E-state index >= 15 is 0 Å². The predicted molar refractivity (Wildman–Crippen MR) is 110 cm³/mol. The highest BCUT2D eigenvalue weighted by Crippen LogP contribution is 2.19. The van der Waals surface area contributed by atoms with Gasteiger partial charge in [-0.15, -0.1) is 0 Å². The number of rotatable bonds is 9. The lowest BCUT2D eigenvalue weighted by Gasteiger charge is -2.21. The van der Waals surface area contributed by atoms with Gasteiger partial charge in [0.15, 0.2) is 0 Å². The van der Waals surface area contributed by atoms with Crippen molar-refractivity contribution in [3.8, 4) is 0 Å². The third-order valence-corrected chi connectivity index (χ3v) is 4.92. The molecule has 0 bridgehead atoms. The van der Waals surface area contributed by atoms with Gasteiger partial charge in [0, 0.05) is 19.0 Å². The minimum Gasteiger partial charge on any atom is -0.481 e. The van der Waals surface area contributed by atoms with Gasteiger partial charge in [-0.1, -0.05) is 36.4 Å². The van der Waals surface area contributed by atoms with Gasteiger partial charge >= 0.3 is 11.9 Å². The molecule has 0 aliphatic heterocycles. The normalized spacial score (nSPS) is 13.2. The topological polar surface area (TPSA) is 88.8 Å². The number of carbonyl (C=O) groups is 2. The maximum atomic E-state index is 11.8. The molecular weight excluding hydrogens is 370 g/mol. The summed E-state index contributed by atoms with van der Waals surface area (Å²) in [6.07, 6.45) is 0.181. The van der Waals surface area contributed by atoms with Gasteiger partial charge in [0.25, 0.3) is 0 Å². The third kappa shape index (κ3) is 5.23. The van der Waals surface area contributed by atoms with Crippen LogP contribution < -0.4 is 5.32 Å². The molecule has 0 spiro atoms. The SMILES string of the molecule is CCOC(=O)c1ccc(CC(C(=O)O)C(C)NCc2ccc3ccccc3c2)o1. The van der Waals surface area contributed by atoms with Crippen LogP contribution in [0.2, 0.25) is 0 Å². The van der Waals surface area contributed by atoms with Crippen molar-refractivity contribution < 1.29 is 23.8 Å². The number of fused-ring (bicyclic) bond motifs is 1. The van der Waals surface area contributed by atoms with E-state index in [2.05, 4.69) is 29.6 Å². The maximum absolute atomic E-state index is 11.8. The Balaban J connectivity index is 1.63. The van der Waals surface area contributed by atoms with E-state index in [1.165, 1.54) is 11.5 Å². The van der Waals surface area contributed by atoms with Gasteiger partial charge in [-0.25, -0.2) is 4.79 Å². The minimum atomic E-state index is -0.919. The molecule has 152 valence electrons. The monoisotopic (exact) mass is 395 g/mol. The Bertz CT molecular complexity index is 994. The lowest BCUT2D eigenvalue weighted by atomic mass is 9.96. The molecule has 0 aliphatic carbocycles. The van der Waals surface area contributed by atoms with E-state index in [9.17, 15) is 14.7 Å². The van der Waals surface area contributed by atoms with Crippen LogP contribution in [0.1, 0.15) is 35.7 Å². The summed E-state index contributed by atoms with van der Waals surface area (Å²) in [6.45, 7) is 4.37. The standard InChI is InChI=1S/C23H25NO5/c1-3-28-23(27)21-11-10-19(29-21)13-20(22(25)26)15(2)24-14-16-8-9-17-6-4-5-7-18(17)12-16/h4-12,15,20,24H,3,13-14H2,1-2H3,(H,25,26). The average Bonchev–Trinajstić information content (AvgIpc) is 3.19. The van der Waals surface area contributed by atoms with Crippen LogP contribution in [0.15, 0.2) is 59.0 Å². The highest BCUT2D eigenvalue weighted by Gasteiger charge is 2.26. The number of hydrogen-bond acceptors (Lipinski definition) is 5. The first-order valence-electron chi connectivity index (χ1n) is 9.67. The number of benzene rings is 2. The molecule has 0 fully saturated rings. The number of furan rings is 1. The second-order valence-corrected chi connectivity index (χ2v) is 6.99. The minimum absolute atomic E-state index is 0.0859. The van der Waals surface area contributed by atoms with Gasteiger partial charge in [-0.2, -0.15) is 0 Å². The molecule has 0 saturated carbocycles. The van der Waals surface area contributed by atoms with E-state index in [-0.39, 0.29) is 24.8 Å². The Kier molecular flexibility index (Phi) is 6.67. The number of ether oxygens (including phenoxy) is 1. The molecule has 0 radical (unpaired) electrons. The van der Waals surface area contributed by atoms with Gasteiger partial charge < -0.3 is 19.6 Å². The van der Waals surface area contributed by atoms with E-state index in [0.717, 1.165) is 10.9 Å². The highest BCUT2D eigenvalue weighted by molar-refractivity contribution is 5.86. The van der Waals surface area contributed by atoms with Gasteiger partial charge in [0.2, 0.25) is 5.76 Å². The molecule has 0 aliphatic rings. The molecule has 0 amide bonds. The van der Waals surface area contributed by atoms with Crippen molar-refractivity contribution >= 4 is 22.7 Å². The molecule has 6 heteroatoms. The van der Waals surface area contributed by atoms with Crippen molar-refractivity contribution in [1.82, 2.24) is 5.32 Å². The number of hydrogen-bond donors (Lipinski definition) is 2. The summed E-state index contributed by atoms with van der Waals surface area (Å²) in [7, 11) is 0. The first kappa shape index (κ1) is 20.6. The van der Waals surface area contributed by atoms with Crippen LogP contribution in [0.3, 0.4) is 0 Å². The Morgan fingerprint density at radius 3 is 2.59 bits per heavy atom. The van der Waals surface area contributed by atoms with Gasteiger partial charge in [0.05, 0.1) is 12.5 Å². The molecule has 2 unspecified atom stereocenters. The quantitative estimate of drug-likeness (QED) is 0.532. The fourth-order valence-electron chi connectivity index (χ4n) is 3.26. The Hall–Kier alpha value is -3.12. The maximum Gasteiger partial charge on any atom is 0.374 e. The average molecular weight is 395 g/mol. The molecule has 0 saturated heterocycles. The van der Waals surface area contributed by atoms with Crippen LogP contribution in [0, 0.1) is 5.92 Å². The zero-order valence-corrected chi connectivity index (χ0v) is 16.6. The first-order chi connectivity index (χ1) is 14.0. The number of carbonyl (C=O) groups excluding carboxylic acids is 1. The zero-order chi connectivity index (χ0) is 20.8. The van der Waals surface area contributed by atoms with Crippen molar-refractivity contribution in [2.24, 2.45) is 5.92 Å². The van der Waals surface area contributed by atoms with Crippen molar-refractivity contribution in [2.75, 3.05) is 6.61 Å². The van der Waals surface area contributed by atoms with Crippen LogP contribution in [0.25, 0.3) is 10.8 Å². The summed E-state index contributed by atoms with van der Waals surface area (Å²) < 4.78 is 10.4. The Morgan fingerprint density at radius 2 is 1.86 bits per heavy atom. The fraction of sp³-hybridized carbons (Fsp3) is 0.304. The summed E-state index contributed by atoms with van der Waals surface area (Å²) in [5, 5.41) is 15.3.